The number of benzene rings is 2. The molecule has 3 aromatic rings. The van der Waals surface area contributed by atoms with Gasteiger partial charge in [-0.1, -0.05) is 6.07 Å². The van der Waals surface area contributed by atoms with Crippen LogP contribution >= 0.6 is 0 Å². The molecule has 0 atom stereocenters. The second-order valence-corrected chi connectivity index (χ2v) is 5.74. The van der Waals surface area contributed by atoms with Crippen molar-refractivity contribution in [2.45, 2.75) is 13.1 Å². The van der Waals surface area contributed by atoms with Crippen LogP contribution in [-0.2, 0) is 13.1 Å². The van der Waals surface area contributed by atoms with Crippen molar-refractivity contribution in [2.24, 2.45) is 0 Å². The highest BCUT2D eigenvalue weighted by atomic mass is 19.1. The van der Waals surface area contributed by atoms with Gasteiger partial charge in [0.1, 0.15) is 23.6 Å². The lowest BCUT2D eigenvalue weighted by Crippen LogP contribution is -2.25. The molecule has 2 heterocycles. The first-order valence-corrected chi connectivity index (χ1v) is 7.79. The highest BCUT2D eigenvalue weighted by Crippen LogP contribution is 2.25. The van der Waals surface area contributed by atoms with Crippen molar-refractivity contribution in [3.05, 3.63) is 83.7 Å². The van der Waals surface area contributed by atoms with Gasteiger partial charge in [0.2, 0.25) is 0 Å². The third-order valence-electron chi connectivity index (χ3n) is 4.00. The van der Waals surface area contributed by atoms with Gasteiger partial charge in [-0.25, -0.2) is 14.4 Å². The van der Waals surface area contributed by atoms with Gasteiger partial charge in [0.15, 0.2) is 0 Å². The number of amides is 1. The van der Waals surface area contributed by atoms with E-state index in [0.29, 0.717) is 30.2 Å². The van der Waals surface area contributed by atoms with Gasteiger partial charge in [-0.2, -0.15) is 0 Å². The predicted octanol–water partition coefficient (Wildman–Crippen LogP) is 3.56. The molecule has 6 heteroatoms. The molecular weight excluding hydrogens is 321 g/mol. The molecule has 4 rings (SSSR count). The number of hydrogen-bond acceptors (Lipinski definition) is 4. The molecule has 0 N–H and O–H groups in total. The van der Waals surface area contributed by atoms with Crippen molar-refractivity contribution in [1.82, 2.24) is 14.9 Å². The summed E-state index contributed by atoms with van der Waals surface area (Å²) in [5.41, 5.74) is 2.37. The number of fused-ring (bicyclic) bond motifs is 1. The Hall–Kier alpha value is -3.28. The van der Waals surface area contributed by atoms with E-state index in [1.165, 1.54) is 18.5 Å². The summed E-state index contributed by atoms with van der Waals surface area (Å²) in [7, 11) is 0. The van der Waals surface area contributed by atoms with Gasteiger partial charge >= 0.3 is 0 Å². The zero-order valence-corrected chi connectivity index (χ0v) is 13.2. The molecule has 0 unspecified atom stereocenters. The summed E-state index contributed by atoms with van der Waals surface area (Å²) in [6.45, 7) is 0.970. The van der Waals surface area contributed by atoms with Crippen molar-refractivity contribution < 1.29 is 13.9 Å². The molecular formula is C19H14FN3O2. The number of ether oxygens (including phenoxy) is 1. The number of nitrogens with zero attached hydrogens (tertiary/aromatic N) is 3. The molecule has 1 aliphatic heterocycles. The summed E-state index contributed by atoms with van der Waals surface area (Å²) >= 11 is 0. The fourth-order valence-corrected chi connectivity index (χ4v) is 2.76. The molecule has 1 aliphatic rings. The Morgan fingerprint density at radius 3 is 2.72 bits per heavy atom. The summed E-state index contributed by atoms with van der Waals surface area (Å²) < 4.78 is 18.7. The van der Waals surface area contributed by atoms with E-state index in [-0.39, 0.29) is 11.7 Å². The molecule has 25 heavy (non-hydrogen) atoms. The average Bonchev–Trinajstić information content (AvgIpc) is 3.07. The molecule has 0 saturated heterocycles. The third-order valence-corrected chi connectivity index (χ3v) is 4.00. The van der Waals surface area contributed by atoms with Gasteiger partial charge in [0, 0.05) is 23.9 Å². The second kappa shape index (κ2) is 6.32. The number of hydrogen-bond donors (Lipinski definition) is 0. The maximum absolute atomic E-state index is 13.0. The first-order chi connectivity index (χ1) is 12.2. The Balaban J connectivity index is 1.51. The van der Waals surface area contributed by atoms with Gasteiger partial charge in [-0.15, -0.1) is 0 Å². The van der Waals surface area contributed by atoms with Crippen LogP contribution in [0.3, 0.4) is 0 Å². The quantitative estimate of drug-likeness (QED) is 0.734. The fourth-order valence-electron chi connectivity index (χ4n) is 2.76. The van der Waals surface area contributed by atoms with E-state index in [9.17, 15) is 9.18 Å². The van der Waals surface area contributed by atoms with Crippen LogP contribution in [0, 0.1) is 5.82 Å². The highest BCUT2D eigenvalue weighted by Gasteiger charge is 2.25. The maximum Gasteiger partial charge on any atom is 0.254 e. The van der Waals surface area contributed by atoms with Crippen LogP contribution in [0.1, 0.15) is 21.6 Å². The molecule has 1 amide bonds. The molecule has 0 saturated carbocycles. The average molecular weight is 335 g/mol. The zero-order chi connectivity index (χ0) is 17.2. The molecule has 0 fully saturated rings. The SMILES string of the molecule is O=C(c1cccc(Oc2ccc(F)cc2)c1)N1Cc2cncnc2C1. The van der Waals surface area contributed by atoms with E-state index < -0.39 is 0 Å². The molecule has 5 nitrogen and oxygen atoms in total. The number of rotatable bonds is 3. The van der Waals surface area contributed by atoms with Gasteiger partial charge in [-0.05, 0) is 42.5 Å². The topological polar surface area (TPSA) is 55.3 Å². The Labute approximate surface area is 143 Å². The van der Waals surface area contributed by atoms with Crippen molar-refractivity contribution in [1.29, 1.82) is 0 Å². The number of aromatic nitrogens is 2. The standard InChI is InChI=1S/C19H14FN3O2/c20-15-4-6-16(7-5-15)25-17-3-1-2-13(8-17)19(24)23-10-14-9-21-12-22-18(14)11-23/h1-9,12H,10-11H2. The van der Waals surface area contributed by atoms with Crippen LogP contribution in [0.5, 0.6) is 11.5 Å². The lowest BCUT2D eigenvalue weighted by molar-refractivity contribution is 0.0750. The van der Waals surface area contributed by atoms with Crippen molar-refractivity contribution >= 4 is 5.91 Å². The van der Waals surface area contributed by atoms with E-state index >= 15 is 0 Å². The fraction of sp³-hybridized carbons (Fsp3) is 0.105. The Bertz CT molecular complexity index is 903. The largest absolute Gasteiger partial charge is 0.457 e. The molecule has 0 spiro atoms. The monoisotopic (exact) mass is 335 g/mol. The van der Waals surface area contributed by atoms with Gasteiger partial charge in [0.05, 0.1) is 12.2 Å². The minimum Gasteiger partial charge on any atom is -0.457 e. The van der Waals surface area contributed by atoms with Crippen LogP contribution in [0.25, 0.3) is 0 Å². The molecule has 0 radical (unpaired) electrons. The van der Waals surface area contributed by atoms with E-state index in [0.717, 1.165) is 11.3 Å². The maximum atomic E-state index is 13.0. The Morgan fingerprint density at radius 1 is 1.08 bits per heavy atom. The van der Waals surface area contributed by atoms with Crippen molar-refractivity contribution in [3.8, 4) is 11.5 Å². The first kappa shape index (κ1) is 15.3. The van der Waals surface area contributed by atoms with Crippen LogP contribution < -0.4 is 4.74 Å². The molecule has 0 aliphatic carbocycles. The summed E-state index contributed by atoms with van der Waals surface area (Å²) in [6.07, 6.45) is 3.23. The van der Waals surface area contributed by atoms with E-state index in [1.807, 2.05) is 0 Å². The number of halogens is 1. The molecule has 0 bridgehead atoms. The van der Waals surface area contributed by atoms with Crippen LogP contribution in [0.4, 0.5) is 4.39 Å². The zero-order valence-electron chi connectivity index (χ0n) is 13.2. The summed E-state index contributed by atoms with van der Waals surface area (Å²) in [6, 6.07) is 12.7. The van der Waals surface area contributed by atoms with Crippen LogP contribution in [0.15, 0.2) is 61.1 Å². The summed E-state index contributed by atoms with van der Waals surface area (Å²) in [5, 5.41) is 0. The second-order valence-electron chi connectivity index (χ2n) is 5.74. The Morgan fingerprint density at radius 2 is 1.92 bits per heavy atom. The minimum absolute atomic E-state index is 0.0949. The lowest BCUT2D eigenvalue weighted by Gasteiger charge is -2.15. The molecule has 2 aromatic carbocycles. The van der Waals surface area contributed by atoms with E-state index in [1.54, 1.807) is 47.5 Å². The Kier molecular flexibility index (Phi) is 3.85. The summed E-state index contributed by atoms with van der Waals surface area (Å²) in [5.74, 6) is 0.611. The van der Waals surface area contributed by atoms with E-state index in [2.05, 4.69) is 9.97 Å². The van der Waals surface area contributed by atoms with Gasteiger partial charge < -0.3 is 9.64 Å². The van der Waals surface area contributed by atoms with Crippen molar-refractivity contribution in [3.63, 3.8) is 0 Å². The van der Waals surface area contributed by atoms with Crippen LogP contribution in [-0.4, -0.2) is 20.8 Å². The molecule has 1 aromatic heterocycles. The minimum atomic E-state index is -0.326. The summed E-state index contributed by atoms with van der Waals surface area (Å²) in [4.78, 5) is 22.7. The first-order valence-electron chi connectivity index (χ1n) is 7.79. The predicted molar refractivity (Wildman–Crippen MR) is 88.5 cm³/mol. The lowest BCUT2D eigenvalue weighted by atomic mass is 10.2. The molecule has 124 valence electrons. The van der Waals surface area contributed by atoms with Gasteiger partial charge in [0.25, 0.3) is 5.91 Å². The number of carbonyl (C=O) groups is 1. The van der Waals surface area contributed by atoms with E-state index in [4.69, 9.17) is 4.74 Å². The van der Waals surface area contributed by atoms with Crippen molar-refractivity contribution in [2.75, 3.05) is 0 Å². The highest BCUT2D eigenvalue weighted by molar-refractivity contribution is 5.94. The van der Waals surface area contributed by atoms with Gasteiger partial charge in [-0.3, -0.25) is 4.79 Å². The number of carbonyl (C=O) groups excluding carboxylic acids is 1. The third kappa shape index (κ3) is 3.19. The van der Waals surface area contributed by atoms with Crippen LogP contribution in [0.2, 0.25) is 0 Å². The normalized spacial score (nSPS) is 12.8. The smallest absolute Gasteiger partial charge is 0.254 e.